The summed E-state index contributed by atoms with van der Waals surface area (Å²) >= 11 is 0. The lowest BCUT2D eigenvalue weighted by molar-refractivity contribution is -0.150. The molecule has 2 amide bonds. The summed E-state index contributed by atoms with van der Waals surface area (Å²) < 4.78 is 5.40. The molecule has 1 fully saturated rings. The Labute approximate surface area is 167 Å². The number of aliphatic hydroxyl groups excluding tert-OH is 1. The van der Waals surface area contributed by atoms with Crippen molar-refractivity contribution in [3.05, 3.63) is 59.7 Å². The summed E-state index contributed by atoms with van der Waals surface area (Å²) in [6.45, 7) is 0.828. The smallest absolute Gasteiger partial charge is 0.259 e. The maximum Gasteiger partial charge on any atom is 0.259 e. The van der Waals surface area contributed by atoms with E-state index in [9.17, 15) is 14.7 Å². The van der Waals surface area contributed by atoms with Crippen molar-refractivity contribution in [2.75, 3.05) is 23.4 Å². The van der Waals surface area contributed by atoms with Gasteiger partial charge in [0, 0.05) is 30.0 Å². The largest absolute Gasteiger partial charge is 0.384 e. The van der Waals surface area contributed by atoms with Crippen LogP contribution in [0, 0.1) is 5.41 Å². The molecule has 0 bridgehead atoms. The van der Waals surface area contributed by atoms with Crippen LogP contribution in [0.4, 0.5) is 11.4 Å². The van der Waals surface area contributed by atoms with Crippen molar-refractivity contribution in [1.82, 2.24) is 0 Å². The minimum absolute atomic E-state index is 0.0945. The van der Waals surface area contributed by atoms with Gasteiger partial charge >= 0.3 is 0 Å². The van der Waals surface area contributed by atoms with Gasteiger partial charge in [-0.15, -0.1) is 0 Å². The third kappa shape index (κ3) is 4.60. The van der Waals surface area contributed by atoms with E-state index in [2.05, 4.69) is 5.32 Å². The number of hydrogen-bond acceptors (Lipinski definition) is 6. The third-order valence-electron chi connectivity index (χ3n) is 4.60. The van der Waals surface area contributed by atoms with Crippen LogP contribution in [0.5, 0.6) is 0 Å². The van der Waals surface area contributed by atoms with Crippen LogP contribution in [-0.4, -0.2) is 48.1 Å². The van der Waals surface area contributed by atoms with Crippen molar-refractivity contribution < 1.29 is 19.4 Å². The van der Waals surface area contributed by atoms with Crippen LogP contribution in [0.25, 0.3) is 0 Å². The SMILES string of the molecule is N=C(N)c1ccc(NC(=O)C(O)C2OCCN(c3cccc(CN)c3)C2=O)cc1. The Balaban J connectivity index is 1.70. The first-order valence-electron chi connectivity index (χ1n) is 9.06. The monoisotopic (exact) mass is 397 g/mol. The summed E-state index contributed by atoms with van der Waals surface area (Å²) in [5, 5.41) is 20.3. The van der Waals surface area contributed by atoms with Crippen LogP contribution in [0.3, 0.4) is 0 Å². The number of carbonyl (C=O) groups excluding carboxylic acids is 2. The van der Waals surface area contributed by atoms with E-state index in [0.717, 1.165) is 5.56 Å². The average molecular weight is 397 g/mol. The highest BCUT2D eigenvalue weighted by molar-refractivity contribution is 6.04. The fourth-order valence-corrected chi connectivity index (χ4v) is 3.03. The molecule has 0 aliphatic carbocycles. The number of benzene rings is 2. The normalized spacial score (nSPS) is 17.7. The molecule has 2 atom stereocenters. The highest BCUT2D eigenvalue weighted by atomic mass is 16.5. The topological polar surface area (TPSA) is 155 Å². The summed E-state index contributed by atoms with van der Waals surface area (Å²) in [5.41, 5.74) is 13.5. The molecule has 2 aromatic carbocycles. The lowest BCUT2D eigenvalue weighted by Crippen LogP contribution is -2.55. The number of amidine groups is 1. The van der Waals surface area contributed by atoms with Gasteiger partial charge in [0.2, 0.25) is 0 Å². The van der Waals surface area contributed by atoms with Gasteiger partial charge in [0.25, 0.3) is 11.8 Å². The summed E-state index contributed by atoms with van der Waals surface area (Å²) in [6.07, 6.45) is -3.00. The number of hydrogen-bond donors (Lipinski definition) is 5. The molecule has 2 aromatic rings. The van der Waals surface area contributed by atoms with Crippen LogP contribution in [-0.2, 0) is 20.9 Å². The molecule has 0 aromatic heterocycles. The van der Waals surface area contributed by atoms with E-state index in [4.69, 9.17) is 21.6 Å². The second-order valence-corrected chi connectivity index (χ2v) is 6.58. The second-order valence-electron chi connectivity index (χ2n) is 6.58. The van der Waals surface area contributed by atoms with Gasteiger partial charge in [-0.25, -0.2) is 0 Å². The Kier molecular flexibility index (Phi) is 6.23. The molecular formula is C20H23N5O4. The second kappa shape index (κ2) is 8.82. The zero-order valence-corrected chi connectivity index (χ0v) is 15.7. The Morgan fingerprint density at radius 3 is 2.69 bits per heavy atom. The fraction of sp³-hybridized carbons (Fsp3) is 0.250. The van der Waals surface area contributed by atoms with Crippen molar-refractivity contribution in [3.8, 4) is 0 Å². The zero-order valence-electron chi connectivity index (χ0n) is 15.7. The van der Waals surface area contributed by atoms with E-state index in [-0.39, 0.29) is 12.4 Å². The highest BCUT2D eigenvalue weighted by Crippen LogP contribution is 2.22. The van der Waals surface area contributed by atoms with Crippen LogP contribution >= 0.6 is 0 Å². The van der Waals surface area contributed by atoms with Crippen molar-refractivity contribution in [2.24, 2.45) is 11.5 Å². The van der Waals surface area contributed by atoms with Gasteiger partial charge in [-0.05, 0) is 42.0 Å². The molecule has 1 aliphatic heterocycles. The van der Waals surface area contributed by atoms with Gasteiger partial charge in [0.05, 0.1) is 6.61 Å². The van der Waals surface area contributed by atoms with Crippen molar-refractivity contribution in [2.45, 2.75) is 18.8 Å². The first-order valence-corrected chi connectivity index (χ1v) is 9.06. The number of anilines is 2. The molecule has 1 saturated heterocycles. The number of aliphatic hydroxyl groups is 1. The predicted octanol–water partition coefficient (Wildman–Crippen LogP) is 0.161. The van der Waals surface area contributed by atoms with E-state index in [1.807, 2.05) is 6.07 Å². The summed E-state index contributed by atoms with van der Waals surface area (Å²) in [7, 11) is 0. The molecular weight excluding hydrogens is 374 g/mol. The lowest BCUT2D eigenvalue weighted by Gasteiger charge is -2.34. The quantitative estimate of drug-likeness (QED) is 0.345. The van der Waals surface area contributed by atoms with Gasteiger partial charge in [-0.1, -0.05) is 12.1 Å². The molecule has 0 saturated carbocycles. The molecule has 7 N–H and O–H groups in total. The first-order chi connectivity index (χ1) is 13.9. The van der Waals surface area contributed by atoms with Crippen molar-refractivity contribution in [3.63, 3.8) is 0 Å². The van der Waals surface area contributed by atoms with Gasteiger partial charge in [-0.3, -0.25) is 15.0 Å². The van der Waals surface area contributed by atoms with Gasteiger partial charge in [-0.2, -0.15) is 0 Å². The highest BCUT2D eigenvalue weighted by Gasteiger charge is 2.39. The first kappa shape index (κ1) is 20.5. The average Bonchev–Trinajstić information content (AvgIpc) is 2.73. The van der Waals surface area contributed by atoms with Crippen LogP contribution in [0.2, 0.25) is 0 Å². The van der Waals surface area contributed by atoms with Crippen molar-refractivity contribution >= 4 is 29.0 Å². The molecule has 9 heteroatoms. The minimum atomic E-state index is -1.68. The molecule has 1 heterocycles. The number of nitrogen functional groups attached to an aromatic ring is 1. The Morgan fingerprint density at radius 1 is 1.31 bits per heavy atom. The van der Waals surface area contributed by atoms with Crippen LogP contribution in [0.15, 0.2) is 48.5 Å². The standard InChI is InChI=1S/C20H23N5O4/c21-11-12-2-1-3-15(10-12)25-8-9-29-17(20(25)28)16(26)19(27)24-14-6-4-13(5-7-14)18(22)23/h1-7,10,16-17,26H,8-9,11,21H2,(H3,22,23)(H,24,27). The van der Waals surface area contributed by atoms with Crippen LogP contribution < -0.4 is 21.7 Å². The predicted molar refractivity (Wildman–Crippen MR) is 109 cm³/mol. The molecule has 0 spiro atoms. The van der Waals surface area contributed by atoms with Gasteiger partial charge < -0.3 is 31.5 Å². The Hall–Kier alpha value is -3.27. The molecule has 152 valence electrons. The number of nitrogens with two attached hydrogens (primary N) is 2. The molecule has 0 radical (unpaired) electrons. The lowest BCUT2D eigenvalue weighted by atomic mass is 10.1. The van der Waals surface area contributed by atoms with Gasteiger partial charge in [0.1, 0.15) is 5.84 Å². The van der Waals surface area contributed by atoms with E-state index in [1.165, 1.54) is 4.90 Å². The molecule has 9 nitrogen and oxygen atoms in total. The minimum Gasteiger partial charge on any atom is -0.384 e. The maximum atomic E-state index is 12.8. The summed E-state index contributed by atoms with van der Waals surface area (Å²) in [6, 6.07) is 13.4. The fourth-order valence-electron chi connectivity index (χ4n) is 3.03. The number of nitrogens with zero attached hydrogens (tertiary/aromatic N) is 1. The number of carbonyl (C=O) groups is 2. The van der Waals surface area contributed by atoms with E-state index >= 15 is 0 Å². The molecule has 3 rings (SSSR count). The van der Waals surface area contributed by atoms with Gasteiger partial charge in [0.15, 0.2) is 12.2 Å². The Bertz CT molecular complexity index is 915. The molecule has 1 aliphatic rings. The Morgan fingerprint density at radius 2 is 2.03 bits per heavy atom. The van der Waals surface area contributed by atoms with E-state index in [0.29, 0.717) is 30.0 Å². The number of rotatable bonds is 6. The summed E-state index contributed by atoms with van der Waals surface area (Å²) in [4.78, 5) is 26.7. The van der Waals surface area contributed by atoms with E-state index < -0.39 is 24.0 Å². The third-order valence-corrected chi connectivity index (χ3v) is 4.60. The van der Waals surface area contributed by atoms with E-state index in [1.54, 1.807) is 42.5 Å². The number of morpholine rings is 1. The number of amides is 2. The number of ether oxygens (including phenoxy) is 1. The maximum absolute atomic E-state index is 12.8. The molecule has 29 heavy (non-hydrogen) atoms. The molecule has 2 unspecified atom stereocenters. The van der Waals surface area contributed by atoms with Crippen LogP contribution in [0.1, 0.15) is 11.1 Å². The zero-order chi connectivity index (χ0) is 21.0. The van der Waals surface area contributed by atoms with Crippen molar-refractivity contribution in [1.29, 1.82) is 5.41 Å². The number of nitrogens with one attached hydrogen (secondary N) is 2. The summed E-state index contributed by atoms with van der Waals surface area (Å²) in [5.74, 6) is -1.36.